The molecule has 3 aromatic carbocycles. The second-order valence-corrected chi connectivity index (χ2v) is 10.5. The van der Waals surface area contributed by atoms with E-state index < -0.39 is 17.6 Å². The second kappa shape index (κ2) is 11.7. The molecule has 0 atom stereocenters. The van der Waals surface area contributed by atoms with Gasteiger partial charge in [-0.15, -0.1) is 0 Å². The van der Waals surface area contributed by atoms with Crippen LogP contribution in [0.15, 0.2) is 66.2 Å². The lowest BCUT2D eigenvalue weighted by Crippen LogP contribution is -2.14. The molecule has 0 aliphatic carbocycles. The van der Waals surface area contributed by atoms with Gasteiger partial charge in [0.05, 0.1) is 12.7 Å². The van der Waals surface area contributed by atoms with E-state index >= 15 is 0 Å². The van der Waals surface area contributed by atoms with E-state index in [-0.39, 0.29) is 11.3 Å². The maximum absolute atomic E-state index is 12.9. The molecule has 10 heteroatoms. The Bertz CT molecular complexity index is 1260. The molecule has 0 radical (unpaired) electrons. The summed E-state index contributed by atoms with van der Waals surface area (Å²) < 4.78 is 47.4. The third-order valence-electron chi connectivity index (χ3n) is 4.44. The van der Waals surface area contributed by atoms with E-state index in [0.29, 0.717) is 17.9 Å². The van der Waals surface area contributed by atoms with Gasteiger partial charge in [-0.25, -0.2) is 0 Å². The number of nitrogens with zero attached hydrogens (tertiary/aromatic N) is 1. The van der Waals surface area contributed by atoms with E-state index in [9.17, 15) is 23.2 Å². The summed E-state index contributed by atoms with van der Waals surface area (Å²) in [7, 11) is 0. The number of carbonyl (C=O) groups is 1. The van der Waals surface area contributed by atoms with Crippen LogP contribution in [0.2, 0.25) is 0 Å². The average molecular weight is 800 g/mol. The van der Waals surface area contributed by atoms with Gasteiger partial charge >= 0.3 is 6.18 Å². The highest BCUT2D eigenvalue weighted by Crippen LogP contribution is 2.32. The Morgan fingerprint density at radius 1 is 1.03 bits per heavy atom. The molecule has 0 aromatic heterocycles. The first-order chi connectivity index (χ1) is 16.1. The van der Waals surface area contributed by atoms with Gasteiger partial charge in [-0.3, -0.25) is 4.79 Å². The Labute approximate surface area is 235 Å². The van der Waals surface area contributed by atoms with Crippen LogP contribution in [-0.4, -0.2) is 5.91 Å². The van der Waals surface area contributed by atoms with Crippen LogP contribution in [0.1, 0.15) is 16.7 Å². The molecule has 0 unspecified atom stereocenters. The SMILES string of the molecule is N#C/C(=C/c1cc(I)c(OCc2ccc(I)cc2)c(I)c1)C(=O)Nc1cccc(C(F)(F)F)c1. The van der Waals surface area contributed by atoms with Crippen LogP contribution in [-0.2, 0) is 17.6 Å². The van der Waals surface area contributed by atoms with Crippen molar-refractivity contribution in [3.8, 4) is 11.8 Å². The number of rotatable bonds is 6. The monoisotopic (exact) mass is 800 g/mol. The van der Waals surface area contributed by atoms with Crippen LogP contribution in [0.5, 0.6) is 5.75 Å². The molecule has 4 nitrogen and oxygen atoms in total. The first-order valence-corrected chi connectivity index (χ1v) is 12.8. The number of alkyl halides is 3. The molecule has 0 saturated heterocycles. The zero-order chi connectivity index (χ0) is 24.9. The van der Waals surface area contributed by atoms with Crippen molar-refractivity contribution in [2.75, 3.05) is 5.32 Å². The fraction of sp³-hybridized carbons (Fsp3) is 0.0833. The molecule has 3 rings (SSSR count). The van der Waals surface area contributed by atoms with E-state index in [1.54, 1.807) is 12.1 Å². The van der Waals surface area contributed by atoms with Crippen molar-refractivity contribution in [3.63, 3.8) is 0 Å². The quantitative estimate of drug-likeness (QED) is 0.159. The molecular formula is C24H14F3I3N2O2. The normalized spacial score (nSPS) is 11.6. The molecule has 0 spiro atoms. The van der Waals surface area contributed by atoms with Crippen LogP contribution in [0.25, 0.3) is 6.08 Å². The highest BCUT2D eigenvalue weighted by atomic mass is 127. The molecule has 34 heavy (non-hydrogen) atoms. The lowest BCUT2D eigenvalue weighted by Gasteiger charge is -2.12. The lowest BCUT2D eigenvalue weighted by molar-refractivity contribution is -0.137. The number of nitrogens with one attached hydrogen (secondary N) is 1. The van der Waals surface area contributed by atoms with Crippen LogP contribution in [0.3, 0.4) is 0 Å². The maximum atomic E-state index is 12.9. The van der Waals surface area contributed by atoms with Crippen LogP contribution in [0.4, 0.5) is 18.9 Å². The molecule has 1 N–H and O–H groups in total. The summed E-state index contributed by atoms with van der Waals surface area (Å²) in [6.07, 6.45) is -3.15. The number of benzene rings is 3. The fourth-order valence-corrected chi connectivity index (χ4v) is 5.31. The smallest absolute Gasteiger partial charge is 0.416 e. The van der Waals surface area contributed by atoms with Gasteiger partial charge in [0.25, 0.3) is 5.91 Å². The predicted octanol–water partition coefficient (Wildman–Crippen LogP) is 7.64. The van der Waals surface area contributed by atoms with Crippen LogP contribution in [0, 0.1) is 22.0 Å². The lowest BCUT2D eigenvalue weighted by atomic mass is 10.1. The Kier molecular flexibility index (Phi) is 9.21. The first kappa shape index (κ1) is 26.7. The summed E-state index contributed by atoms with van der Waals surface area (Å²) in [6.45, 7) is 0.390. The maximum Gasteiger partial charge on any atom is 0.416 e. The fourth-order valence-electron chi connectivity index (χ4n) is 2.82. The van der Waals surface area contributed by atoms with Gasteiger partial charge < -0.3 is 10.1 Å². The number of carbonyl (C=O) groups excluding carboxylic acids is 1. The van der Waals surface area contributed by atoms with E-state index in [2.05, 4.69) is 73.1 Å². The van der Waals surface area contributed by atoms with Crippen LogP contribution < -0.4 is 10.1 Å². The molecule has 0 saturated carbocycles. The van der Waals surface area contributed by atoms with E-state index in [4.69, 9.17) is 4.74 Å². The van der Waals surface area contributed by atoms with Gasteiger partial charge in [-0.05, 0) is 127 Å². The topological polar surface area (TPSA) is 62.1 Å². The Morgan fingerprint density at radius 3 is 2.26 bits per heavy atom. The summed E-state index contributed by atoms with van der Waals surface area (Å²) in [6, 6.07) is 17.5. The van der Waals surface area contributed by atoms with Crippen LogP contribution >= 0.6 is 67.8 Å². The summed E-state index contributed by atoms with van der Waals surface area (Å²) >= 11 is 6.46. The van der Waals surface area contributed by atoms with Crippen molar-refractivity contribution in [1.29, 1.82) is 5.26 Å². The zero-order valence-electron chi connectivity index (χ0n) is 17.1. The largest absolute Gasteiger partial charge is 0.487 e. The van der Waals surface area contributed by atoms with Crippen molar-refractivity contribution in [2.45, 2.75) is 12.8 Å². The minimum absolute atomic E-state index is 0.0514. The molecule has 0 heterocycles. The van der Waals surface area contributed by atoms with E-state index in [1.807, 2.05) is 30.3 Å². The second-order valence-electron chi connectivity index (χ2n) is 6.93. The molecule has 0 aliphatic rings. The van der Waals surface area contributed by atoms with Gasteiger partial charge in [-0.1, -0.05) is 18.2 Å². The molecular weight excluding hydrogens is 786 g/mol. The van der Waals surface area contributed by atoms with Crippen molar-refractivity contribution in [2.24, 2.45) is 0 Å². The molecule has 0 bridgehead atoms. The van der Waals surface area contributed by atoms with Gasteiger partial charge in [0.15, 0.2) is 0 Å². The minimum Gasteiger partial charge on any atom is -0.487 e. The third kappa shape index (κ3) is 7.32. The first-order valence-electron chi connectivity index (χ1n) is 9.53. The summed E-state index contributed by atoms with van der Waals surface area (Å²) in [5.74, 6) is -0.116. The van der Waals surface area contributed by atoms with Gasteiger partial charge in [-0.2, -0.15) is 18.4 Å². The number of nitriles is 1. The predicted molar refractivity (Wildman–Crippen MR) is 149 cm³/mol. The third-order valence-corrected chi connectivity index (χ3v) is 6.76. The number of hydrogen-bond donors (Lipinski definition) is 1. The summed E-state index contributed by atoms with van der Waals surface area (Å²) in [5, 5.41) is 11.8. The van der Waals surface area contributed by atoms with E-state index in [0.717, 1.165) is 28.4 Å². The summed E-state index contributed by atoms with van der Waals surface area (Å²) in [5.41, 5.74) is 0.430. The minimum atomic E-state index is -4.54. The number of amides is 1. The van der Waals surface area contributed by atoms with Crippen molar-refractivity contribution in [1.82, 2.24) is 0 Å². The molecule has 174 valence electrons. The highest BCUT2D eigenvalue weighted by molar-refractivity contribution is 14.1. The Hall–Kier alpha value is -1.86. The number of ether oxygens (including phenoxy) is 1. The molecule has 3 aromatic rings. The molecule has 0 aliphatic heterocycles. The van der Waals surface area contributed by atoms with Crippen molar-refractivity contribution in [3.05, 3.63) is 93.6 Å². The standard InChI is InChI=1S/C24H14F3I3N2O2/c25-24(26,27)17-2-1-3-19(11-17)32-23(33)16(12-31)8-15-9-20(29)22(21(30)10-15)34-13-14-4-6-18(28)7-5-14/h1-11H,13H2,(H,32,33)/b16-8-. The number of halogens is 6. The number of anilines is 1. The molecule has 1 amide bonds. The zero-order valence-corrected chi connectivity index (χ0v) is 23.6. The Balaban J connectivity index is 1.77. The van der Waals surface area contributed by atoms with E-state index in [1.165, 1.54) is 18.2 Å². The summed E-state index contributed by atoms with van der Waals surface area (Å²) in [4.78, 5) is 12.5. The van der Waals surface area contributed by atoms with Crippen molar-refractivity contribution < 1.29 is 22.7 Å². The van der Waals surface area contributed by atoms with Gasteiger partial charge in [0.1, 0.15) is 24.0 Å². The Morgan fingerprint density at radius 2 is 1.68 bits per heavy atom. The van der Waals surface area contributed by atoms with Gasteiger partial charge in [0, 0.05) is 9.26 Å². The highest BCUT2D eigenvalue weighted by Gasteiger charge is 2.30. The average Bonchev–Trinajstić information content (AvgIpc) is 2.77. The van der Waals surface area contributed by atoms with Crippen molar-refractivity contribution >= 4 is 85.4 Å². The number of hydrogen-bond acceptors (Lipinski definition) is 3. The molecule has 0 fully saturated rings. The van der Waals surface area contributed by atoms with Gasteiger partial charge in [0.2, 0.25) is 0 Å².